The molecule has 0 spiro atoms. The number of ether oxygens (including phenoxy) is 1. The molecule has 140 valence electrons. The van der Waals surface area contributed by atoms with Crippen LogP contribution in [0.15, 0.2) is 35.3 Å². The van der Waals surface area contributed by atoms with Gasteiger partial charge in [-0.25, -0.2) is 14.4 Å². The van der Waals surface area contributed by atoms with Crippen molar-refractivity contribution in [3.8, 4) is 0 Å². The predicted octanol–water partition coefficient (Wildman–Crippen LogP) is 3.71. The number of hydrogen-bond donors (Lipinski definition) is 1. The fourth-order valence-electron chi connectivity index (χ4n) is 2.14. The number of anilines is 1. The van der Waals surface area contributed by atoms with Crippen LogP contribution in [0.25, 0.3) is 0 Å². The minimum absolute atomic E-state index is 0.0605. The van der Waals surface area contributed by atoms with E-state index >= 15 is 0 Å². The van der Waals surface area contributed by atoms with Gasteiger partial charge in [-0.15, -0.1) is 0 Å². The predicted molar refractivity (Wildman–Crippen MR) is 100 cm³/mol. The minimum atomic E-state index is -0.492. The molecule has 0 aliphatic rings. The Bertz CT molecular complexity index is 744. The molecule has 1 N–H and O–H groups in total. The maximum absolute atomic E-state index is 12.7. The third-order valence-corrected chi connectivity index (χ3v) is 3.58. The topological polar surface area (TPSA) is 88.1 Å². The monoisotopic (exact) mass is 359 g/mol. The van der Waals surface area contributed by atoms with E-state index in [1.54, 1.807) is 36.9 Å². The summed E-state index contributed by atoms with van der Waals surface area (Å²) in [7, 11) is 0. The van der Waals surface area contributed by atoms with E-state index in [4.69, 9.17) is 4.74 Å². The molecule has 0 unspecified atom stereocenters. The lowest BCUT2D eigenvalue weighted by Gasteiger charge is -2.35. The molecule has 1 aromatic rings. The first-order valence-electron chi connectivity index (χ1n) is 8.16. The van der Waals surface area contributed by atoms with E-state index in [1.165, 1.54) is 6.08 Å². The number of esters is 1. The SMILES string of the molecule is C=C(C)C(=O)OCCN(C(=O)Nc1ccc(C)c(N=C=O)c1)C(C)(C)C. The van der Waals surface area contributed by atoms with Gasteiger partial charge in [0.15, 0.2) is 0 Å². The Balaban J connectivity index is 2.87. The Morgan fingerprint density at radius 1 is 1.35 bits per heavy atom. The van der Waals surface area contributed by atoms with Crippen molar-refractivity contribution in [2.45, 2.75) is 40.2 Å². The highest BCUT2D eigenvalue weighted by atomic mass is 16.5. The fraction of sp³-hybridized carbons (Fsp3) is 0.421. The molecule has 1 aromatic carbocycles. The Labute approximate surface area is 153 Å². The maximum Gasteiger partial charge on any atom is 0.333 e. The highest BCUT2D eigenvalue weighted by Gasteiger charge is 2.26. The number of nitrogens with zero attached hydrogens (tertiary/aromatic N) is 2. The summed E-state index contributed by atoms with van der Waals surface area (Å²) in [5.41, 5.74) is 1.55. The van der Waals surface area contributed by atoms with E-state index in [-0.39, 0.29) is 19.2 Å². The lowest BCUT2D eigenvalue weighted by Crippen LogP contribution is -2.49. The number of carbonyl (C=O) groups excluding carboxylic acids is 3. The summed E-state index contributed by atoms with van der Waals surface area (Å²) >= 11 is 0. The minimum Gasteiger partial charge on any atom is -0.460 e. The van der Waals surface area contributed by atoms with Gasteiger partial charge in [0.2, 0.25) is 6.08 Å². The van der Waals surface area contributed by atoms with Gasteiger partial charge in [-0.05, 0) is 52.3 Å². The van der Waals surface area contributed by atoms with Crippen molar-refractivity contribution in [2.75, 3.05) is 18.5 Å². The number of amides is 2. The molecule has 7 heteroatoms. The molecule has 0 saturated heterocycles. The highest BCUT2D eigenvalue weighted by molar-refractivity contribution is 5.90. The summed E-state index contributed by atoms with van der Waals surface area (Å²) in [6.45, 7) is 12.8. The van der Waals surface area contributed by atoms with Crippen molar-refractivity contribution >= 4 is 29.5 Å². The van der Waals surface area contributed by atoms with Gasteiger partial charge in [0.25, 0.3) is 0 Å². The first kappa shape index (κ1) is 21.1. The number of hydrogen-bond acceptors (Lipinski definition) is 5. The van der Waals surface area contributed by atoms with Crippen molar-refractivity contribution in [3.05, 3.63) is 35.9 Å². The Morgan fingerprint density at radius 3 is 2.54 bits per heavy atom. The summed E-state index contributed by atoms with van der Waals surface area (Å²) < 4.78 is 5.08. The third kappa shape index (κ3) is 6.18. The molecule has 0 bridgehead atoms. The number of aryl methyl sites for hydroxylation is 1. The van der Waals surface area contributed by atoms with Crippen LogP contribution in [0.1, 0.15) is 33.3 Å². The molecule has 1 rings (SSSR count). The number of urea groups is 1. The lowest BCUT2D eigenvalue weighted by atomic mass is 10.1. The molecule has 7 nitrogen and oxygen atoms in total. The van der Waals surface area contributed by atoms with Crippen LogP contribution >= 0.6 is 0 Å². The number of carbonyl (C=O) groups is 2. The molecule has 2 amide bonds. The summed E-state index contributed by atoms with van der Waals surface area (Å²) in [4.78, 5) is 39.8. The molecule has 0 aliphatic carbocycles. The average molecular weight is 359 g/mol. The van der Waals surface area contributed by atoms with Gasteiger partial charge in [-0.2, -0.15) is 4.99 Å². The Morgan fingerprint density at radius 2 is 2.00 bits per heavy atom. The van der Waals surface area contributed by atoms with Gasteiger partial charge >= 0.3 is 12.0 Å². The van der Waals surface area contributed by atoms with E-state index in [0.29, 0.717) is 16.9 Å². The van der Waals surface area contributed by atoms with E-state index < -0.39 is 11.5 Å². The van der Waals surface area contributed by atoms with E-state index in [2.05, 4.69) is 16.9 Å². The molecule has 0 aromatic heterocycles. The van der Waals surface area contributed by atoms with Crippen molar-refractivity contribution in [1.29, 1.82) is 0 Å². The van der Waals surface area contributed by atoms with Crippen LogP contribution < -0.4 is 5.32 Å². The van der Waals surface area contributed by atoms with Crippen molar-refractivity contribution in [1.82, 2.24) is 4.90 Å². The lowest BCUT2D eigenvalue weighted by molar-refractivity contribution is -0.139. The van der Waals surface area contributed by atoms with Crippen molar-refractivity contribution < 1.29 is 19.1 Å². The summed E-state index contributed by atoms with van der Waals surface area (Å²) in [5.74, 6) is -0.492. The molecule has 0 saturated carbocycles. The number of nitrogens with one attached hydrogen (secondary N) is 1. The van der Waals surface area contributed by atoms with E-state index in [9.17, 15) is 14.4 Å². The van der Waals surface area contributed by atoms with Gasteiger partial charge in [-0.1, -0.05) is 12.6 Å². The normalized spacial score (nSPS) is 10.5. The van der Waals surface area contributed by atoms with Crippen molar-refractivity contribution in [2.24, 2.45) is 4.99 Å². The Kier molecular flexibility index (Phi) is 7.28. The van der Waals surface area contributed by atoms with Gasteiger partial charge in [-0.3, -0.25) is 0 Å². The van der Waals surface area contributed by atoms with Crippen LogP contribution in [0.5, 0.6) is 0 Å². The molecular formula is C19H25N3O4. The van der Waals surface area contributed by atoms with Gasteiger partial charge in [0.1, 0.15) is 6.61 Å². The summed E-state index contributed by atoms with van der Waals surface area (Å²) in [5, 5.41) is 2.77. The standard InChI is InChI=1S/C19H25N3O4/c1-13(2)17(24)26-10-9-22(19(4,5)6)18(25)21-15-8-7-14(3)16(11-15)20-12-23/h7-8,11H,1,9-10H2,2-6H3,(H,21,25). The fourth-order valence-corrected chi connectivity index (χ4v) is 2.14. The van der Waals surface area contributed by atoms with Crippen LogP contribution in [0.4, 0.5) is 16.2 Å². The highest BCUT2D eigenvalue weighted by Crippen LogP contribution is 2.23. The van der Waals surface area contributed by atoms with Crippen LogP contribution in [-0.2, 0) is 14.3 Å². The Hall–Kier alpha value is -2.92. The zero-order valence-electron chi connectivity index (χ0n) is 15.9. The molecule has 0 heterocycles. The number of isocyanates is 1. The van der Waals surface area contributed by atoms with Crippen LogP contribution in [0, 0.1) is 6.92 Å². The smallest absolute Gasteiger partial charge is 0.333 e. The largest absolute Gasteiger partial charge is 0.460 e. The zero-order valence-corrected chi connectivity index (χ0v) is 15.9. The van der Waals surface area contributed by atoms with Crippen LogP contribution in [0.2, 0.25) is 0 Å². The first-order chi connectivity index (χ1) is 12.1. The second-order valence-corrected chi connectivity index (χ2v) is 6.87. The van der Waals surface area contributed by atoms with Gasteiger partial charge in [0.05, 0.1) is 12.2 Å². The molecule has 26 heavy (non-hydrogen) atoms. The maximum atomic E-state index is 12.7. The van der Waals surface area contributed by atoms with Gasteiger partial charge in [0, 0.05) is 16.8 Å². The number of rotatable bonds is 6. The van der Waals surface area contributed by atoms with E-state index in [0.717, 1.165) is 5.56 Å². The summed E-state index contributed by atoms with van der Waals surface area (Å²) in [6.07, 6.45) is 1.50. The molecule has 0 fully saturated rings. The van der Waals surface area contributed by atoms with Crippen molar-refractivity contribution in [3.63, 3.8) is 0 Å². The van der Waals surface area contributed by atoms with Crippen LogP contribution in [-0.4, -0.2) is 41.7 Å². The second kappa shape index (κ2) is 8.97. The number of aliphatic imine (C=N–C) groups is 1. The molecule has 0 radical (unpaired) electrons. The first-order valence-corrected chi connectivity index (χ1v) is 8.16. The van der Waals surface area contributed by atoms with E-state index in [1.807, 2.05) is 20.8 Å². The average Bonchev–Trinajstić information content (AvgIpc) is 2.53. The van der Waals surface area contributed by atoms with Gasteiger partial charge < -0.3 is 15.0 Å². The third-order valence-electron chi connectivity index (χ3n) is 3.58. The molecule has 0 atom stereocenters. The second-order valence-electron chi connectivity index (χ2n) is 6.87. The number of benzene rings is 1. The zero-order chi connectivity index (χ0) is 19.9. The molecule has 0 aliphatic heterocycles. The van der Waals surface area contributed by atoms with Crippen LogP contribution in [0.3, 0.4) is 0 Å². The quantitative estimate of drug-likeness (QED) is 0.363. The molecular weight excluding hydrogens is 334 g/mol. The summed E-state index contributed by atoms with van der Waals surface area (Å²) in [6, 6.07) is 4.72.